The number of carbonyl (C=O) groups excluding carboxylic acids is 2. The number of nitrogens with zero attached hydrogens (tertiary/aromatic N) is 2. The second-order valence-electron chi connectivity index (χ2n) is 7.27. The Hall–Kier alpha value is -2.43. The molecule has 1 aliphatic heterocycles. The quantitative estimate of drug-likeness (QED) is 0.212. The molecule has 0 saturated carbocycles. The summed E-state index contributed by atoms with van der Waals surface area (Å²) in [5.74, 6) is -0.0334. The van der Waals surface area contributed by atoms with Crippen LogP contribution in [0.25, 0.3) is 6.08 Å². The molecule has 1 fully saturated rings. The molecule has 0 radical (unpaired) electrons. The number of carbonyl (C=O) groups is 2. The molecule has 5 nitrogen and oxygen atoms in total. The normalized spacial score (nSPS) is 14.5. The fraction of sp³-hybridized carbons (Fsp3) is 0.0800. The molecule has 0 N–H and O–H groups in total. The number of amides is 2. The average molecular weight is 696 g/mol. The second-order valence-corrected chi connectivity index (χ2v) is 10.6. The van der Waals surface area contributed by atoms with Gasteiger partial charge in [0.2, 0.25) is 0 Å². The summed E-state index contributed by atoms with van der Waals surface area (Å²) in [5.41, 5.74) is 2.54. The van der Waals surface area contributed by atoms with Crippen molar-refractivity contribution in [2.24, 2.45) is 0 Å². The molecule has 0 atom stereocenters. The maximum Gasteiger partial charge on any atom is 0.293 e. The van der Waals surface area contributed by atoms with Crippen molar-refractivity contribution in [2.75, 3.05) is 0 Å². The number of hydrogen-bond acceptors (Lipinski definition) is 5. The lowest BCUT2D eigenvalue weighted by atomic mass is 10.1. The molecule has 9 heteroatoms. The highest BCUT2D eigenvalue weighted by Gasteiger charge is 2.35. The Labute approximate surface area is 227 Å². The van der Waals surface area contributed by atoms with Crippen molar-refractivity contribution in [1.82, 2.24) is 4.90 Å². The topological polar surface area (TPSA) is 70.4 Å². The molecule has 0 aliphatic carbocycles. The Morgan fingerprint density at radius 3 is 2.50 bits per heavy atom. The van der Waals surface area contributed by atoms with Gasteiger partial charge in [0, 0.05) is 0 Å². The fourth-order valence-corrected chi connectivity index (χ4v) is 6.27. The van der Waals surface area contributed by atoms with E-state index < -0.39 is 0 Å². The second kappa shape index (κ2) is 10.9. The average Bonchev–Trinajstić information content (AvgIpc) is 3.06. The molecule has 3 aromatic carbocycles. The summed E-state index contributed by atoms with van der Waals surface area (Å²) in [4.78, 5) is 26.9. The first-order valence-corrected chi connectivity index (χ1v) is 12.9. The van der Waals surface area contributed by atoms with Gasteiger partial charge in [0.25, 0.3) is 11.1 Å². The molecular formula is C25H15FI2N2O3S. The monoisotopic (exact) mass is 696 g/mol. The molecule has 170 valence electrons. The van der Waals surface area contributed by atoms with Crippen LogP contribution in [0, 0.1) is 24.3 Å². The van der Waals surface area contributed by atoms with E-state index in [1.165, 1.54) is 12.1 Å². The number of hydrogen-bond donors (Lipinski definition) is 0. The van der Waals surface area contributed by atoms with Crippen LogP contribution in [0.5, 0.6) is 5.75 Å². The van der Waals surface area contributed by atoms with Crippen LogP contribution < -0.4 is 4.74 Å². The van der Waals surface area contributed by atoms with Crippen LogP contribution in [0.1, 0.15) is 22.3 Å². The fourth-order valence-electron chi connectivity index (χ4n) is 3.31. The number of rotatable bonds is 6. The van der Waals surface area contributed by atoms with Crippen molar-refractivity contribution in [1.29, 1.82) is 5.26 Å². The van der Waals surface area contributed by atoms with Crippen molar-refractivity contribution >= 4 is 74.2 Å². The summed E-state index contributed by atoms with van der Waals surface area (Å²) < 4.78 is 21.0. The zero-order chi connectivity index (χ0) is 24.2. The number of thioether (sulfide) groups is 1. The Morgan fingerprint density at radius 1 is 1.06 bits per heavy atom. The number of imide groups is 1. The summed E-state index contributed by atoms with van der Waals surface area (Å²) in [6, 6.07) is 19.0. The summed E-state index contributed by atoms with van der Waals surface area (Å²) in [7, 11) is 0. The van der Waals surface area contributed by atoms with Gasteiger partial charge >= 0.3 is 0 Å². The lowest BCUT2D eigenvalue weighted by Gasteiger charge is -2.13. The first kappa shape index (κ1) is 24.7. The van der Waals surface area contributed by atoms with Gasteiger partial charge in [-0.25, -0.2) is 4.39 Å². The minimum absolute atomic E-state index is 0.0493. The minimum Gasteiger partial charge on any atom is -0.487 e. The number of ether oxygens (including phenoxy) is 1. The van der Waals surface area contributed by atoms with Crippen molar-refractivity contribution in [3.05, 3.63) is 101 Å². The van der Waals surface area contributed by atoms with E-state index in [-0.39, 0.29) is 30.1 Å². The molecule has 0 bridgehead atoms. The zero-order valence-corrected chi connectivity index (χ0v) is 22.6. The number of benzene rings is 3. The van der Waals surface area contributed by atoms with Gasteiger partial charge in [0.05, 0.1) is 30.2 Å². The van der Waals surface area contributed by atoms with Crippen molar-refractivity contribution in [2.45, 2.75) is 13.2 Å². The zero-order valence-electron chi connectivity index (χ0n) is 17.4. The van der Waals surface area contributed by atoms with Gasteiger partial charge in [-0.1, -0.05) is 30.3 Å². The van der Waals surface area contributed by atoms with Gasteiger partial charge in [-0.15, -0.1) is 0 Å². The molecule has 34 heavy (non-hydrogen) atoms. The van der Waals surface area contributed by atoms with Gasteiger partial charge in [-0.3, -0.25) is 14.5 Å². The summed E-state index contributed by atoms with van der Waals surface area (Å²) >= 11 is 5.18. The molecule has 0 spiro atoms. The van der Waals surface area contributed by atoms with Crippen LogP contribution in [0.2, 0.25) is 0 Å². The molecule has 0 unspecified atom stereocenters. The Morgan fingerprint density at radius 2 is 1.79 bits per heavy atom. The predicted molar refractivity (Wildman–Crippen MR) is 145 cm³/mol. The summed E-state index contributed by atoms with van der Waals surface area (Å²) in [6.45, 7) is 0.278. The highest BCUT2D eigenvalue weighted by molar-refractivity contribution is 14.1. The standard InChI is InChI=1S/C25H15FI2N2O3S/c26-19-7-3-4-15(8-19)14-33-23-20(27)9-16(10-21(23)28)11-22-24(31)30(25(32)34-22)13-18-6-2-1-5-17(18)12-29/h1-11H,13-14H2/b22-11+. The summed E-state index contributed by atoms with van der Waals surface area (Å²) in [5, 5.41) is 8.91. The third-order valence-corrected chi connectivity index (χ3v) is 7.44. The largest absolute Gasteiger partial charge is 0.487 e. The van der Waals surface area contributed by atoms with E-state index in [1.807, 2.05) is 12.1 Å². The maximum atomic E-state index is 13.4. The third-order valence-electron chi connectivity index (χ3n) is 4.93. The minimum atomic E-state index is -0.390. The molecule has 2 amide bonds. The molecule has 0 aromatic heterocycles. The van der Waals surface area contributed by atoms with E-state index in [0.717, 1.165) is 34.9 Å². The molecule has 4 rings (SSSR count). The van der Waals surface area contributed by atoms with Crippen LogP contribution in [-0.4, -0.2) is 16.0 Å². The molecule has 1 heterocycles. The van der Waals surface area contributed by atoms with E-state index >= 15 is 0 Å². The van der Waals surface area contributed by atoms with E-state index in [9.17, 15) is 19.2 Å². The third kappa shape index (κ3) is 5.61. The van der Waals surface area contributed by atoms with Gasteiger partial charge in [0.15, 0.2) is 0 Å². The van der Waals surface area contributed by atoms with E-state index in [4.69, 9.17) is 4.74 Å². The highest BCUT2D eigenvalue weighted by atomic mass is 127. The van der Waals surface area contributed by atoms with Crippen molar-refractivity contribution < 1.29 is 18.7 Å². The van der Waals surface area contributed by atoms with Gasteiger partial charge in [-0.2, -0.15) is 5.26 Å². The number of halogens is 3. The van der Waals surface area contributed by atoms with Gasteiger partial charge < -0.3 is 4.74 Å². The van der Waals surface area contributed by atoms with E-state index in [1.54, 1.807) is 42.5 Å². The lowest BCUT2D eigenvalue weighted by Crippen LogP contribution is -2.27. The van der Waals surface area contributed by atoms with Crippen LogP contribution >= 0.6 is 56.9 Å². The highest BCUT2D eigenvalue weighted by Crippen LogP contribution is 2.36. The summed E-state index contributed by atoms with van der Waals surface area (Å²) in [6.07, 6.45) is 1.68. The van der Waals surface area contributed by atoms with E-state index in [0.29, 0.717) is 21.8 Å². The first-order chi connectivity index (χ1) is 16.4. The first-order valence-electron chi connectivity index (χ1n) is 9.95. The molecule has 3 aromatic rings. The lowest BCUT2D eigenvalue weighted by molar-refractivity contribution is -0.123. The van der Waals surface area contributed by atoms with Gasteiger partial charge in [-0.05, 0) is 110 Å². The van der Waals surface area contributed by atoms with Crippen LogP contribution in [0.15, 0.2) is 65.6 Å². The van der Waals surface area contributed by atoms with Crippen LogP contribution in [-0.2, 0) is 17.9 Å². The SMILES string of the molecule is N#Cc1ccccc1CN1C(=O)S/C(=C/c2cc(I)c(OCc3cccc(F)c3)c(I)c2)C1=O. The smallest absolute Gasteiger partial charge is 0.293 e. The van der Waals surface area contributed by atoms with E-state index in [2.05, 4.69) is 51.3 Å². The molecule has 1 saturated heterocycles. The van der Waals surface area contributed by atoms with Crippen LogP contribution in [0.3, 0.4) is 0 Å². The van der Waals surface area contributed by atoms with Crippen molar-refractivity contribution in [3.63, 3.8) is 0 Å². The van der Waals surface area contributed by atoms with Gasteiger partial charge in [0.1, 0.15) is 18.2 Å². The molecular weight excluding hydrogens is 681 g/mol. The Bertz CT molecular complexity index is 1350. The van der Waals surface area contributed by atoms with Crippen molar-refractivity contribution in [3.8, 4) is 11.8 Å². The molecule has 1 aliphatic rings. The predicted octanol–water partition coefficient (Wildman–Crippen LogP) is 6.72. The maximum absolute atomic E-state index is 13.4. The Kier molecular flexibility index (Phi) is 7.90. The Balaban J connectivity index is 1.52. The van der Waals surface area contributed by atoms with Crippen LogP contribution in [0.4, 0.5) is 9.18 Å². The number of nitriles is 1.